The second-order valence-corrected chi connectivity index (χ2v) is 3.53. The van der Waals surface area contributed by atoms with E-state index >= 15 is 0 Å². The average molecular weight is 219 g/mol. The number of amidine groups is 1. The molecule has 0 saturated heterocycles. The minimum atomic E-state index is -0.0725. The summed E-state index contributed by atoms with van der Waals surface area (Å²) >= 11 is 0. The molecule has 0 saturated carbocycles. The molecule has 84 valence electrons. The molecule has 0 unspecified atom stereocenters. The number of carbonyl (C=O) groups is 1. The predicted octanol–water partition coefficient (Wildman–Crippen LogP) is 0.377. The molecular formula is C11H13N3O2. The summed E-state index contributed by atoms with van der Waals surface area (Å²) in [5.41, 5.74) is 7.22. The number of ether oxygens (including phenoxy) is 1. The van der Waals surface area contributed by atoms with Crippen LogP contribution in [0.1, 0.15) is 5.56 Å². The molecule has 0 aromatic heterocycles. The SMILES string of the molecule is CN=C(N)c1ccc2c(c1)N(C)C(=O)CO2. The van der Waals surface area contributed by atoms with Crippen LogP contribution in [-0.2, 0) is 4.79 Å². The lowest BCUT2D eigenvalue weighted by atomic mass is 10.1. The molecule has 0 fully saturated rings. The van der Waals surface area contributed by atoms with E-state index in [9.17, 15) is 4.79 Å². The quantitative estimate of drug-likeness (QED) is 0.548. The Hall–Kier alpha value is -2.04. The number of nitrogens with two attached hydrogens (primary N) is 1. The van der Waals surface area contributed by atoms with Gasteiger partial charge in [0.1, 0.15) is 11.6 Å². The van der Waals surface area contributed by atoms with Gasteiger partial charge in [-0.1, -0.05) is 0 Å². The van der Waals surface area contributed by atoms with E-state index in [1.54, 1.807) is 31.1 Å². The molecule has 2 rings (SSSR count). The molecule has 0 atom stereocenters. The zero-order valence-corrected chi connectivity index (χ0v) is 9.23. The number of hydrogen-bond acceptors (Lipinski definition) is 3. The van der Waals surface area contributed by atoms with Crippen LogP contribution >= 0.6 is 0 Å². The fraction of sp³-hybridized carbons (Fsp3) is 0.273. The van der Waals surface area contributed by atoms with Crippen LogP contribution < -0.4 is 15.4 Å². The number of likely N-dealkylation sites (N-methyl/N-ethyl adjacent to an activating group) is 1. The van der Waals surface area contributed by atoms with Gasteiger partial charge in [-0.25, -0.2) is 0 Å². The number of aliphatic imine (C=N–C) groups is 1. The summed E-state index contributed by atoms with van der Waals surface area (Å²) in [5.74, 6) is 1.06. The van der Waals surface area contributed by atoms with Crippen molar-refractivity contribution in [2.75, 3.05) is 25.6 Å². The van der Waals surface area contributed by atoms with Crippen LogP contribution in [0.3, 0.4) is 0 Å². The van der Waals surface area contributed by atoms with E-state index in [1.807, 2.05) is 6.07 Å². The molecule has 5 nitrogen and oxygen atoms in total. The Morgan fingerprint density at radius 3 is 3.00 bits per heavy atom. The second kappa shape index (κ2) is 3.84. The molecule has 2 N–H and O–H groups in total. The summed E-state index contributed by atoms with van der Waals surface area (Å²) in [7, 11) is 3.34. The average Bonchev–Trinajstić information content (AvgIpc) is 2.32. The Bertz CT molecular complexity index is 468. The Balaban J connectivity index is 2.48. The highest BCUT2D eigenvalue weighted by molar-refractivity contribution is 6.02. The molecule has 0 spiro atoms. The zero-order valence-electron chi connectivity index (χ0n) is 9.23. The number of nitrogens with zero attached hydrogens (tertiary/aromatic N) is 2. The van der Waals surface area contributed by atoms with Gasteiger partial charge in [-0.3, -0.25) is 9.79 Å². The topological polar surface area (TPSA) is 67.9 Å². The molecule has 1 aliphatic heterocycles. The van der Waals surface area contributed by atoms with E-state index in [4.69, 9.17) is 10.5 Å². The molecule has 5 heteroatoms. The monoisotopic (exact) mass is 219 g/mol. The van der Waals surface area contributed by atoms with Crippen molar-refractivity contribution in [1.82, 2.24) is 0 Å². The molecule has 1 aromatic carbocycles. The smallest absolute Gasteiger partial charge is 0.264 e. The van der Waals surface area contributed by atoms with Gasteiger partial charge in [0.25, 0.3) is 5.91 Å². The highest BCUT2D eigenvalue weighted by atomic mass is 16.5. The second-order valence-electron chi connectivity index (χ2n) is 3.53. The van der Waals surface area contributed by atoms with Crippen molar-refractivity contribution in [2.45, 2.75) is 0 Å². The van der Waals surface area contributed by atoms with E-state index in [0.29, 0.717) is 11.6 Å². The van der Waals surface area contributed by atoms with E-state index in [0.717, 1.165) is 11.3 Å². The summed E-state index contributed by atoms with van der Waals surface area (Å²) in [6.07, 6.45) is 0. The molecule has 1 amide bonds. The Kier molecular flexibility index (Phi) is 2.52. The number of fused-ring (bicyclic) bond motifs is 1. The third-order valence-corrected chi connectivity index (χ3v) is 2.58. The first-order chi connectivity index (χ1) is 7.63. The molecular weight excluding hydrogens is 206 g/mol. The van der Waals surface area contributed by atoms with Gasteiger partial charge >= 0.3 is 0 Å². The molecule has 1 heterocycles. The van der Waals surface area contributed by atoms with Crippen LogP contribution in [0.2, 0.25) is 0 Å². The van der Waals surface area contributed by atoms with Gasteiger partial charge in [0.2, 0.25) is 0 Å². The summed E-state index contributed by atoms with van der Waals surface area (Å²) in [4.78, 5) is 16.9. The van der Waals surface area contributed by atoms with Gasteiger partial charge in [-0.2, -0.15) is 0 Å². The van der Waals surface area contributed by atoms with E-state index in [-0.39, 0.29) is 12.5 Å². The molecule has 0 radical (unpaired) electrons. The largest absolute Gasteiger partial charge is 0.482 e. The molecule has 16 heavy (non-hydrogen) atoms. The number of benzene rings is 1. The standard InChI is InChI=1S/C11H13N3O2/c1-13-11(12)7-3-4-9-8(5-7)14(2)10(15)6-16-9/h3-5H,6H2,1-2H3,(H2,12,13). The van der Waals surface area contributed by atoms with Crippen molar-refractivity contribution in [3.8, 4) is 5.75 Å². The molecule has 0 aliphatic carbocycles. The van der Waals surface area contributed by atoms with E-state index in [1.165, 1.54) is 0 Å². The van der Waals surface area contributed by atoms with Crippen LogP contribution in [0.25, 0.3) is 0 Å². The lowest BCUT2D eigenvalue weighted by Gasteiger charge is -2.26. The van der Waals surface area contributed by atoms with Gasteiger partial charge in [0.05, 0.1) is 5.69 Å². The summed E-state index contributed by atoms with van der Waals surface area (Å²) in [6.45, 7) is 0.0835. The van der Waals surface area contributed by atoms with E-state index < -0.39 is 0 Å². The summed E-state index contributed by atoms with van der Waals surface area (Å²) < 4.78 is 5.30. The van der Waals surface area contributed by atoms with Crippen LogP contribution in [0.5, 0.6) is 5.75 Å². The third-order valence-electron chi connectivity index (χ3n) is 2.58. The van der Waals surface area contributed by atoms with Crippen molar-refractivity contribution >= 4 is 17.4 Å². The highest BCUT2D eigenvalue weighted by Crippen LogP contribution is 2.31. The number of amides is 1. The van der Waals surface area contributed by atoms with Crippen molar-refractivity contribution in [3.63, 3.8) is 0 Å². The first-order valence-electron chi connectivity index (χ1n) is 4.89. The summed E-state index contributed by atoms with van der Waals surface area (Å²) in [5, 5.41) is 0. The maximum absolute atomic E-state index is 11.4. The number of anilines is 1. The third kappa shape index (κ3) is 1.60. The number of rotatable bonds is 1. The lowest BCUT2D eigenvalue weighted by Crippen LogP contribution is -2.35. The van der Waals surface area contributed by atoms with Crippen molar-refractivity contribution in [2.24, 2.45) is 10.7 Å². The molecule has 0 bridgehead atoms. The number of hydrogen-bond donors (Lipinski definition) is 1. The van der Waals surface area contributed by atoms with Gasteiger partial charge in [-0.05, 0) is 18.2 Å². The van der Waals surface area contributed by atoms with Gasteiger partial charge in [0.15, 0.2) is 6.61 Å². The van der Waals surface area contributed by atoms with Gasteiger partial charge in [-0.15, -0.1) is 0 Å². The fourth-order valence-electron chi connectivity index (χ4n) is 1.56. The van der Waals surface area contributed by atoms with Crippen LogP contribution in [0.4, 0.5) is 5.69 Å². The number of carbonyl (C=O) groups excluding carboxylic acids is 1. The van der Waals surface area contributed by atoms with E-state index in [2.05, 4.69) is 4.99 Å². The summed E-state index contributed by atoms with van der Waals surface area (Å²) in [6, 6.07) is 5.42. The minimum Gasteiger partial charge on any atom is -0.482 e. The van der Waals surface area contributed by atoms with Crippen LogP contribution in [0.15, 0.2) is 23.2 Å². The zero-order chi connectivity index (χ0) is 11.7. The predicted molar refractivity (Wildman–Crippen MR) is 62.0 cm³/mol. The maximum Gasteiger partial charge on any atom is 0.264 e. The highest BCUT2D eigenvalue weighted by Gasteiger charge is 2.22. The van der Waals surface area contributed by atoms with Gasteiger partial charge < -0.3 is 15.4 Å². The Morgan fingerprint density at radius 1 is 1.56 bits per heavy atom. The molecule has 1 aliphatic rings. The normalized spacial score (nSPS) is 15.8. The van der Waals surface area contributed by atoms with Crippen LogP contribution in [-0.4, -0.2) is 32.4 Å². The Morgan fingerprint density at radius 2 is 2.31 bits per heavy atom. The maximum atomic E-state index is 11.4. The minimum absolute atomic E-state index is 0.0725. The first kappa shape index (κ1) is 10.5. The van der Waals surface area contributed by atoms with Crippen molar-refractivity contribution in [1.29, 1.82) is 0 Å². The first-order valence-corrected chi connectivity index (χ1v) is 4.89. The fourth-order valence-corrected chi connectivity index (χ4v) is 1.56. The lowest BCUT2D eigenvalue weighted by molar-refractivity contribution is -0.120. The Labute approximate surface area is 93.5 Å². The van der Waals surface area contributed by atoms with Gasteiger partial charge in [0, 0.05) is 19.7 Å². The van der Waals surface area contributed by atoms with Crippen LogP contribution in [0, 0.1) is 0 Å². The van der Waals surface area contributed by atoms with Crippen molar-refractivity contribution < 1.29 is 9.53 Å². The molecule has 1 aromatic rings. The van der Waals surface area contributed by atoms with Crippen molar-refractivity contribution in [3.05, 3.63) is 23.8 Å².